The number of thiophene rings is 4. The molecule has 0 saturated heterocycles. The Morgan fingerprint density at radius 3 is 1.36 bits per heavy atom. The largest absolute Gasteiger partial charge is 0.493 e. The van der Waals surface area contributed by atoms with Gasteiger partial charge >= 0.3 is 11.9 Å². The molecule has 1 aromatic carbocycles. The molecule has 5 rings (SSSR count). The number of hydrogen-bond acceptors (Lipinski definition) is 8. The minimum Gasteiger partial charge on any atom is -0.493 e. The zero-order valence-corrected chi connectivity index (χ0v) is 32.5. The third kappa shape index (κ3) is 8.70. The smallest absolute Gasteiger partial charge is 0.337 e. The van der Waals surface area contributed by atoms with E-state index in [1.54, 1.807) is 34.8 Å². The van der Waals surface area contributed by atoms with E-state index in [0.717, 1.165) is 127 Å². The maximum absolute atomic E-state index is 12.1. The highest BCUT2D eigenvalue weighted by Gasteiger charge is 2.25. The van der Waals surface area contributed by atoms with Crippen molar-refractivity contribution < 1.29 is 29.3 Å². The number of aryl methyl sites for hydroxylation is 2. The summed E-state index contributed by atoms with van der Waals surface area (Å²) in [6.07, 6.45) is 10.2. The topological polar surface area (TPSA) is 93.1 Å². The number of aromatic carboxylic acids is 2. The first-order chi connectivity index (χ1) is 24.3. The quantitative estimate of drug-likeness (QED) is 0.0769. The Bertz CT molecular complexity index is 1750. The van der Waals surface area contributed by atoms with Crippen molar-refractivity contribution >= 4 is 57.3 Å². The third-order valence-electron chi connectivity index (χ3n) is 8.71. The van der Waals surface area contributed by atoms with Gasteiger partial charge in [-0.25, -0.2) is 9.59 Å². The Kier molecular flexibility index (Phi) is 13.7. The Labute approximate surface area is 311 Å². The second-order valence-electron chi connectivity index (χ2n) is 12.2. The van der Waals surface area contributed by atoms with Gasteiger partial charge in [-0.05, 0) is 84.0 Å². The van der Waals surface area contributed by atoms with E-state index < -0.39 is 11.9 Å². The average molecular weight is 751 g/mol. The molecular weight excluding hydrogens is 705 g/mol. The second kappa shape index (κ2) is 18.2. The maximum Gasteiger partial charge on any atom is 0.337 e. The number of carboxylic acids is 2. The lowest BCUT2D eigenvalue weighted by atomic mass is 10.0. The van der Waals surface area contributed by atoms with Gasteiger partial charge in [0.25, 0.3) is 0 Å². The van der Waals surface area contributed by atoms with Crippen LogP contribution in [0.5, 0.6) is 11.5 Å². The van der Waals surface area contributed by atoms with E-state index in [1.165, 1.54) is 22.7 Å². The van der Waals surface area contributed by atoms with Gasteiger partial charge < -0.3 is 19.7 Å². The molecule has 0 fully saturated rings. The van der Waals surface area contributed by atoms with E-state index in [9.17, 15) is 19.8 Å². The van der Waals surface area contributed by atoms with Crippen LogP contribution in [0.3, 0.4) is 0 Å². The summed E-state index contributed by atoms with van der Waals surface area (Å²) in [6, 6.07) is 11.9. The molecule has 0 aliphatic carbocycles. The highest BCUT2D eigenvalue weighted by Crippen LogP contribution is 2.50. The first kappa shape index (κ1) is 37.8. The van der Waals surface area contributed by atoms with E-state index in [0.29, 0.717) is 24.3 Å². The number of rotatable bonds is 20. The molecule has 2 N–H and O–H groups in total. The first-order valence-electron chi connectivity index (χ1n) is 17.6. The zero-order chi connectivity index (χ0) is 35.6. The lowest BCUT2D eigenvalue weighted by molar-refractivity contribution is 0.0687. The summed E-state index contributed by atoms with van der Waals surface area (Å²) in [6.45, 7) is 9.78. The highest BCUT2D eigenvalue weighted by atomic mass is 32.1. The molecule has 0 radical (unpaired) electrons. The molecule has 0 unspecified atom stereocenters. The fourth-order valence-electron chi connectivity index (χ4n) is 5.95. The molecule has 5 aromatic rings. The molecule has 0 saturated carbocycles. The number of ether oxygens (including phenoxy) is 2. The van der Waals surface area contributed by atoms with Gasteiger partial charge in [0.05, 0.1) is 34.1 Å². The SMILES string of the molecule is CCCCCCOc1cc(-c2cc(CC)c(-c3sccc3C(=O)O)s2)c(OCCCCCC)cc1-c1cc(CC)c(-c2sccc2C(=O)O)s1. The van der Waals surface area contributed by atoms with Crippen LogP contribution in [-0.2, 0) is 12.8 Å². The summed E-state index contributed by atoms with van der Waals surface area (Å²) < 4.78 is 13.2. The fourth-order valence-corrected chi connectivity index (χ4v) is 10.7. The van der Waals surface area contributed by atoms with Crippen molar-refractivity contribution in [3.05, 3.63) is 69.4 Å². The van der Waals surface area contributed by atoms with Crippen molar-refractivity contribution in [1.82, 2.24) is 0 Å². The third-order valence-corrected chi connectivity index (χ3v) is 13.3. The van der Waals surface area contributed by atoms with Crippen LogP contribution in [0.15, 0.2) is 47.2 Å². The van der Waals surface area contributed by atoms with Gasteiger partial charge in [0, 0.05) is 30.6 Å². The summed E-state index contributed by atoms with van der Waals surface area (Å²) in [7, 11) is 0. The molecule has 6 nitrogen and oxygen atoms in total. The van der Waals surface area contributed by atoms with Crippen LogP contribution in [0.1, 0.15) is 111 Å². The molecule has 266 valence electrons. The minimum atomic E-state index is -0.919. The molecule has 0 atom stereocenters. The van der Waals surface area contributed by atoms with Crippen molar-refractivity contribution in [3.63, 3.8) is 0 Å². The van der Waals surface area contributed by atoms with Gasteiger partial charge in [-0.1, -0.05) is 66.2 Å². The van der Waals surface area contributed by atoms with Crippen molar-refractivity contribution in [2.24, 2.45) is 0 Å². The van der Waals surface area contributed by atoms with E-state index in [2.05, 4.69) is 52.0 Å². The number of unbranched alkanes of at least 4 members (excludes halogenated alkanes) is 6. The molecule has 4 heterocycles. The monoisotopic (exact) mass is 750 g/mol. The number of hydrogen-bond donors (Lipinski definition) is 2. The standard InChI is InChI=1S/C40H46O6S4/c1-5-9-11-13-17-45-31-23-30(34-22-26(8-4)36(50-34)38-28(40(43)44)16-20-48-38)32(46-18-14-12-10-6-2)24-29(31)33-21-25(7-3)35(49-33)37-27(39(41)42)15-19-47-37/h15-16,19-24H,5-14,17-18H2,1-4H3,(H,41,42)(H,43,44). The lowest BCUT2D eigenvalue weighted by Gasteiger charge is -2.17. The van der Waals surface area contributed by atoms with Crippen LogP contribution in [0, 0.1) is 0 Å². The maximum atomic E-state index is 12.1. The van der Waals surface area contributed by atoms with Crippen molar-refractivity contribution in [2.75, 3.05) is 13.2 Å². The second-order valence-corrected chi connectivity index (χ2v) is 16.2. The van der Waals surface area contributed by atoms with Crippen LogP contribution < -0.4 is 9.47 Å². The Morgan fingerprint density at radius 2 is 1.00 bits per heavy atom. The molecule has 50 heavy (non-hydrogen) atoms. The van der Waals surface area contributed by atoms with E-state index >= 15 is 0 Å². The molecule has 0 aliphatic heterocycles. The molecule has 0 amide bonds. The van der Waals surface area contributed by atoms with Gasteiger partial charge in [-0.15, -0.1) is 45.3 Å². The normalized spacial score (nSPS) is 11.3. The summed E-state index contributed by atoms with van der Waals surface area (Å²) in [5, 5.41) is 23.5. The molecule has 0 bridgehead atoms. The predicted molar refractivity (Wildman–Crippen MR) is 212 cm³/mol. The summed E-state index contributed by atoms with van der Waals surface area (Å²) in [5.74, 6) is -0.301. The van der Waals surface area contributed by atoms with Crippen LogP contribution in [0.4, 0.5) is 0 Å². The summed E-state index contributed by atoms with van der Waals surface area (Å²) >= 11 is 6.13. The van der Waals surface area contributed by atoms with Gasteiger partial charge in [0.15, 0.2) is 0 Å². The van der Waals surface area contributed by atoms with E-state index in [-0.39, 0.29) is 0 Å². The molecule has 0 aliphatic rings. The summed E-state index contributed by atoms with van der Waals surface area (Å²) in [5.41, 5.74) is 4.74. The zero-order valence-electron chi connectivity index (χ0n) is 29.3. The Balaban J connectivity index is 1.65. The minimum absolute atomic E-state index is 0.328. The van der Waals surface area contributed by atoms with E-state index in [1.807, 2.05) is 10.8 Å². The van der Waals surface area contributed by atoms with Crippen LogP contribution in [0.25, 0.3) is 40.4 Å². The van der Waals surface area contributed by atoms with Crippen LogP contribution in [-0.4, -0.2) is 35.4 Å². The van der Waals surface area contributed by atoms with Crippen molar-refractivity contribution in [3.8, 4) is 51.9 Å². The number of carboxylic acid groups (broad SMARTS) is 2. The van der Waals surface area contributed by atoms with Gasteiger partial charge in [-0.3, -0.25) is 0 Å². The number of benzene rings is 1. The predicted octanol–water partition coefficient (Wildman–Crippen LogP) is 13.0. The Morgan fingerprint density at radius 1 is 0.580 bits per heavy atom. The molecule has 10 heteroatoms. The van der Waals surface area contributed by atoms with Crippen LogP contribution in [0.2, 0.25) is 0 Å². The lowest BCUT2D eigenvalue weighted by Crippen LogP contribution is -2.02. The molecule has 0 spiro atoms. The molecule has 4 aromatic heterocycles. The highest BCUT2D eigenvalue weighted by molar-refractivity contribution is 7.24. The van der Waals surface area contributed by atoms with Gasteiger partial charge in [0.1, 0.15) is 11.5 Å². The van der Waals surface area contributed by atoms with Gasteiger partial charge in [0.2, 0.25) is 0 Å². The Hall–Kier alpha value is -3.44. The van der Waals surface area contributed by atoms with E-state index in [4.69, 9.17) is 9.47 Å². The first-order valence-corrected chi connectivity index (χ1v) is 21.0. The van der Waals surface area contributed by atoms with Gasteiger partial charge in [-0.2, -0.15) is 0 Å². The molecular formula is C40H46O6S4. The van der Waals surface area contributed by atoms with Crippen molar-refractivity contribution in [2.45, 2.75) is 91.9 Å². The van der Waals surface area contributed by atoms with Crippen LogP contribution >= 0.6 is 45.3 Å². The van der Waals surface area contributed by atoms with Crippen molar-refractivity contribution in [1.29, 1.82) is 0 Å². The summed E-state index contributed by atoms with van der Waals surface area (Å²) in [4.78, 5) is 29.7. The average Bonchev–Trinajstić information content (AvgIpc) is 3.93. The number of carbonyl (C=O) groups is 2. The fraction of sp³-hybridized carbons (Fsp3) is 0.400.